The van der Waals surface area contributed by atoms with Crippen LogP contribution in [0.25, 0.3) is 33.8 Å². The lowest BCUT2D eigenvalue weighted by Crippen LogP contribution is -2.17. The summed E-state index contributed by atoms with van der Waals surface area (Å²) in [5.74, 6) is -0.838. The molecular weight excluding hydrogens is 669 g/mol. The number of nitriles is 2. The molecule has 0 saturated heterocycles. The predicted octanol–water partition coefficient (Wildman–Crippen LogP) is 5.67. The fraction of sp³-hybridized carbons (Fsp3) is 0.0769. The number of fused-ring (bicyclic) bond motifs is 2. The van der Waals surface area contributed by atoms with E-state index in [9.17, 15) is 36.2 Å². The van der Waals surface area contributed by atoms with E-state index in [1.165, 1.54) is 12.4 Å². The number of nitrogens with zero attached hydrogens (tertiary/aromatic N) is 9. The molecule has 0 fully saturated rings. The molecule has 6 aromatic heterocycles. The molecule has 0 aromatic carbocycles. The third-order valence-corrected chi connectivity index (χ3v) is 6.76. The Bertz CT molecular complexity index is 2300. The molecule has 0 unspecified atom stereocenters. The predicted molar refractivity (Wildman–Crippen MR) is 146 cm³/mol. The van der Waals surface area contributed by atoms with Crippen molar-refractivity contribution in [1.82, 2.24) is 39.2 Å². The second-order valence-corrected chi connectivity index (χ2v) is 9.57. The molecule has 2 N–H and O–H groups in total. The van der Waals surface area contributed by atoms with Gasteiger partial charge in [-0.1, -0.05) is 23.2 Å². The van der Waals surface area contributed by atoms with Crippen LogP contribution in [0.1, 0.15) is 22.3 Å². The summed E-state index contributed by atoms with van der Waals surface area (Å²) in [6.07, 6.45) is -4.90. The molecule has 0 spiro atoms. The van der Waals surface area contributed by atoms with Crippen LogP contribution in [0.4, 0.5) is 26.3 Å². The van der Waals surface area contributed by atoms with Crippen LogP contribution in [0, 0.1) is 22.7 Å². The Hall–Kier alpha value is -5.72. The molecule has 0 amide bonds. The van der Waals surface area contributed by atoms with Crippen LogP contribution in [0.2, 0.25) is 10.3 Å². The summed E-state index contributed by atoms with van der Waals surface area (Å²) in [7, 11) is 0. The number of hydrogen-bond donors (Lipinski definition) is 2. The molecular formula is C26H10Cl2F6N10O2. The van der Waals surface area contributed by atoms with Crippen molar-refractivity contribution < 1.29 is 31.4 Å². The molecule has 0 atom stereocenters. The molecule has 0 radical (unpaired) electrons. The fourth-order valence-corrected chi connectivity index (χ4v) is 4.79. The Kier molecular flexibility index (Phi) is 8.03. The van der Waals surface area contributed by atoms with E-state index in [1.807, 2.05) is 6.07 Å². The Labute approximate surface area is 260 Å². The largest absolute Gasteiger partial charge is 0.493 e. The van der Waals surface area contributed by atoms with Gasteiger partial charge in [0.25, 0.3) is 5.56 Å². The minimum absolute atomic E-state index is 0.0407. The van der Waals surface area contributed by atoms with Gasteiger partial charge in [-0.25, -0.2) is 9.50 Å². The summed E-state index contributed by atoms with van der Waals surface area (Å²) < 4.78 is 80.5. The van der Waals surface area contributed by atoms with Crippen molar-refractivity contribution in [2.24, 2.45) is 0 Å². The highest BCUT2D eigenvalue weighted by molar-refractivity contribution is 6.38. The summed E-state index contributed by atoms with van der Waals surface area (Å²) in [5, 5.41) is 35.0. The first-order chi connectivity index (χ1) is 21.7. The van der Waals surface area contributed by atoms with E-state index >= 15 is 0 Å². The lowest BCUT2D eigenvalue weighted by molar-refractivity contribution is -0.138. The van der Waals surface area contributed by atoms with E-state index in [1.54, 1.807) is 6.07 Å². The average Bonchev–Trinajstić information content (AvgIpc) is 3.61. The maximum absolute atomic E-state index is 13.2. The third-order valence-electron chi connectivity index (χ3n) is 6.14. The molecule has 0 aliphatic rings. The zero-order valence-corrected chi connectivity index (χ0v) is 23.5. The highest BCUT2D eigenvalue weighted by Crippen LogP contribution is 2.41. The van der Waals surface area contributed by atoms with Crippen LogP contribution in [-0.2, 0) is 12.4 Å². The highest BCUT2D eigenvalue weighted by Gasteiger charge is 2.37. The molecule has 6 aromatic rings. The number of aromatic nitrogens is 8. The van der Waals surface area contributed by atoms with Gasteiger partial charge in [-0.2, -0.15) is 51.6 Å². The molecule has 232 valence electrons. The number of pyridine rings is 2. The Morgan fingerprint density at radius 1 is 0.826 bits per heavy atom. The maximum Gasteiger partial charge on any atom is 0.418 e. The van der Waals surface area contributed by atoms with E-state index in [0.29, 0.717) is 0 Å². The van der Waals surface area contributed by atoms with Crippen molar-refractivity contribution in [3.63, 3.8) is 0 Å². The van der Waals surface area contributed by atoms with E-state index in [-0.39, 0.29) is 38.3 Å². The van der Waals surface area contributed by atoms with Crippen LogP contribution in [0.3, 0.4) is 0 Å². The molecule has 6 heterocycles. The average molecular weight is 679 g/mol. The molecule has 0 saturated carbocycles. The quantitative estimate of drug-likeness (QED) is 0.173. The summed E-state index contributed by atoms with van der Waals surface area (Å²) in [6, 6.07) is 7.41. The molecule has 0 bridgehead atoms. The van der Waals surface area contributed by atoms with E-state index in [4.69, 9.17) is 33.7 Å². The number of aromatic hydroxyl groups is 1. The zero-order chi connectivity index (χ0) is 33.6. The number of H-pyrrole nitrogens is 1. The standard InChI is InChI=1S/C13H4Cl2F3N5.C13H6F3N5O2/c14-10-8(9-7(13(16,17)18)2-1-3-20-9)11(15)23-12(22-10)6(4-19)5-21-23;14-13(15,16)7-2-1-3-18-9(7)8-11(22)20-10-6(4-17)5-19-21(10)12(8)23/h1-3,5H;1-3,5,23H,(H,20,22). The van der Waals surface area contributed by atoms with Gasteiger partial charge in [-0.05, 0) is 24.3 Å². The lowest BCUT2D eigenvalue weighted by Gasteiger charge is -2.14. The fourth-order valence-electron chi connectivity index (χ4n) is 4.18. The first kappa shape index (κ1) is 31.7. The SMILES string of the molecule is N#Cc1cnn2c(Cl)c(-c3ncccc3C(F)(F)F)c(Cl)nc12.N#Cc1cnn2c(O)c(-c3ncccc3C(F)(F)F)c(=O)[nH]c12. The van der Waals surface area contributed by atoms with Crippen molar-refractivity contribution in [3.05, 3.63) is 92.0 Å². The van der Waals surface area contributed by atoms with Crippen LogP contribution < -0.4 is 5.56 Å². The second-order valence-electron chi connectivity index (χ2n) is 8.85. The number of rotatable bonds is 2. The molecule has 20 heteroatoms. The second kappa shape index (κ2) is 11.7. The van der Waals surface area contributed by atoms with Gasteiger partial charge in [0.1, 0.15) is 39.1 Å². The van der Waals surface area contributed by atoms with Crippen molar-refractivity contribution >= 4 is 34.5 Å². The first-order valence-electron chi connectivity index (χ1n) is 12.1. The normalized spacial score (nSPS) is 11.6. The molecule has 12 nitrogen and oxygen atoms in total. The molecule has 46 heavy (non-hydrogen) atoms. The molecule has 0 aliphatic heterocycles. The third kappa shape index (κ3) is 5.51. The van der Waals surface area contributed by atoms with Crippen LogP contribution in [0.5, 0.6) is 5.88 Å². The Morgan fingerprint density at radius 3 is 1.89 bits per heavy atom. The smallest absolute Gasteiger partial charge is 0.418 e. The zero-order valence-electron chi connectivity index (χ0n) is 22.0. The molecule has 0 aliphatic carbocycles. The Morgan fingerprint density at radius 2 is 1.35 bits per heavy atom. The van der Waals surface area contributed by atoms with Gasteiger partial charge in [0, 0.05) is 12.4 Å². The van der Waals surface area contributed by atoms with E-state index in [2.05, 4.69) is 30.1 Å². The van der Waals surface area contributed by atoms with Gasteiger partial charge < -0.3 is 10.1 Å². The van der Waals surface area contributed by atoms with Gasteiger partial charge in [0.2, 0.25) is 5.88 Å². The summed E-state index contributed by atoms with van der Waals surface area (Å²) in [4.78, 5) is 25.6. The number of nitrogens with one attached hydrogen (secondary N) is 1. The number of alkyl halides is 6. The van der Waals surface area contributed by atoms with Crippen LogP contribution >= 0.6 is 23.2 Å². The number of aromatic amines is 1. The van der Waals surface area contributed by atoms with Crippen molar-refractivity contribution in [2.45, 2.75) is 12.4 Å². The lowest BCUT2D eigenvalue weighted by atomic mass is 10.1. The minimum atomic E-state index is -4.76. The topological polar surface area (TPSA) is 174 Å². The van der Waals surface area contributed by atoms with Crippen molar-refractivity contribution in [2.75, 3.05) is 0 Å². The first-order valence-corrected chi connectivity index (χ1v) is 12.9. The van der Waals surface area contributed by atoms with Crippen LogP contribution in [0.15, 0.2) is 53.8 Å². The van der Waals surface area contributed by atoms with Crippen LogP contribution in [-0.4, -0.2) is 44.3 Å². The summed E-state index contributed by atoms with van der Waals surface area (Å²) >= 11 is 12.1. The number of hydrogen-bond acceptors (Lipinski definition) is 9. The van der Waals surface area contributed by atoms with Gasteiger partial charge >= 0.3 is 12.4 Å². The van der Waals surface area contributed by atoms with Gasteiger partial charge in [0.15, 0.2) is 11.3 Å². The Balaban J connectivity index is 0.000000181. The van der Waals surface area contributed by atoms with E-state index in [0.717, 1.165) is 45.7 Å². The summed E-state index contributed by atoms with van der Waals surface area (Å²) in [5.41, 5.74) is -5.29. The van der Waals surface area contributed by atoms with E-state index < -0.39 is 51.9 Å². The van der Waals surface area contributed by atoms with Gasteiger partial charge in [-0.15, -0.1) is 0 Å². The van der Waals surface area contributed by atoms with Crippen molar-refractivity contribution in [3.8, 4) is 40.5 Å². The maximum atomic E-state index is 13.2. The minimum Gasteiger partial charge on any atom is -0.493 e. The summed E-state index contributed by atoms with van der Waals surface area (Å²) in [6.45, 7) is 0. The van der Waals surface area contributed by atoms with Gasteiger partial charge in [-0.3, -0.25) is 14.8 Å². The highest BCUT2D eigenvalue weighted by atomic mass is 35.5. The monoisotopic (exact) mass is 678 g/mol. The number of halogens is 8. The van der Waals surface area contributed by atoms with Crippen molar-refractivity contribution in [1.29, 1.82) is 10.5 Å². The molecule has 6 rings (SSSR count). The van der Waals surface area contributed by atoms with Gasteiger partial charge in [0.05, 0.1) is 40.5 Å².